The Labute approximate surface area is 94.0 Å². The van der Waals surface area contributed by atoms with Gasteiger partial charge in [-0.25, -0.2) is 4.98 Å². The highest BCUT2D eigenvalue weighted by molar-refractivity contribution is 6.31. The van der Waals surface area contributed by atoms with E-state index < -0.39 is 0 Å². The van der Waals surface area contributed by atoms with Gasteiger partial charge in [-0.2, -0.15) is 0 Å². The Morgan fingerprint density at radius 1 is 1.13 bits per heavy atom. The minimum absolute atomic E-state index is 0.760. The van der Waals surface area contributed by atoms with Gasteiger partial charge in [0, 0.05) is 16.8 Å². The Morgan fingerprint density at radius 3 is 2.67 bits per heavy atom. The molecule has 2 nitrogen and oxygen atoms in total. The van der Waals surface area contributed by atoms with Crippen molar-refractivity contribution >= 4 is 11.6 Å². The monoisotopic (exact) mass is 218 g/mol. The first-order valence-corrected chi connectivity index (χ1v) is 5.10. The molecule has 1 aromatic heterocycles. The lowest BCUT2D eigenvalue weighted by Crippen LogP contribution is -1.91. The molecule has 1 heterocycles. The predicted molar refractivity (Wildman–Crippen MR) is 62.0 cm³/mol. The standard InChI is InChI=1S/C12H11ClN2/c1-8-6-14-7-12(15-8)10-4-3-5-11(13)9(10)2/h3-7H,1-2H3. The molecule has 0 spiro atoms. The summed E-state index contributed by atoms with van der Waals surface area (Å²) in [4.78, 5) is 8.55. The number of hydrogen-bond donors (Lipinski definition) is 0. The molecule has 0 atom stereocenters. The van der Waals surface area contributed by atoms with Gasteiger partial charge in [-0.15, -0.1) is 0 Å². The number of benzene rings is 1. The van der Waals surface area contributed by atoms with Gasteiger partial charge in [0.15, 0.2) is 0 Å². The minimum Gasteiger partial charge on any atom is -0.261 e. The molecule has 0 saturated carbocycles. The van der Waals surface area contributed by atoms with Crippen LogP contribution in [0, 0.1) is 13.8 Å². The topological polar surface area (TPSA) is 25.8 Å². The van der Waals surface area contributed by atoms with E-state index in [0.29, 0.717) is 0 Å². The molecule has 0 aliphatic carbocycles. The lowest BCUT2D eigenvalue weighted by atomic mass is 10.1. The second kappa shape index (κ2) is 3.99. The van der Waals surface area contributed by atoms with Crippen LogP contribution in [0.1, 0.15) is 11.3 Å². The van der Waals surface area contributed by atoms with Crippen LogP contribution in [0.2, 0.25) is 5.02 Å². The van der Waals surface area contributed by atoms with Crippen molar-refractivity contribution < 1.29 is 0 Å². The summed E-state index contributed by atoms with van der Waals surface area (Å²) in [6, 6.07) is 5.81. The molecule has 0 saturated heterocycles. The second-order valence-corrected chi connectivity index (χ2v) is 3.87. The molecule has 3 heteroatoms. The van der Waals surface area contributed by atoms with Crippen molar-refractivity contribution in [2.45, 2.75) is 13.8 Å². The van der Waals surface area contributed by atoms with E-state index in [0.717, 1.165) is 27.5 Å². The number of nitrogens with zero attached hydrogens (tertiary/aromatic N) is 2. The molecule has 0 N–H and O–H groups in total. The Morgan fingerprint density at radius 2 is 1.93 bits per heavy atom. The van der Waals surface area contributed by atoms with E-state index in [2.05, 4.69) is 9.97 Å². The molecule has 0 bridgehead atoms. The summed E-state index contributed by atoms with van der Waals surface area (Å²) in [6.07, 6.45) is 3.50. The molecule has 15 heavy (non-hydrogen) atoms. The molecule has 0 aliphatic heterocycles. The number of aryl methyl sites for hydroxylation is 1. The molecular formula is C12H11ClN2. The quantitative estimate of drug-likeness (QED) is 0.733. The van der Waals surface area contributed by atoms with Crippen LogP contribution in [0.5, 0.6) is 0 Å². The molecular weight excluding hydrogens is 208 g/mol. The lowest BCUT2D eigenvalue weighted by Gasteiger charge is -2.06. The van der Waals surface area contributed by atoms with Gasteiger partial charge in [0.1, 0.15) is 0 Å². The Balaban J connectivity index is 2.59. The lowest BCUT2D eigenvalue weighted by molar-refractivity contribution is 1.12. The number of rotatable bonds is 1. The third kappa shape index (κ3) is 2.00. The molecule has 0 fully saturated rings. The zero-order valence-corrected chi connectivity index (χ0v) is 9.42. The van der Waals surface area contributed by atoms with Crippen molar-refractivity contribution in [3.63, 3.8) is 0 Å². The minimum atomic E-state index is 0.760. The van der Waals surface area contributed by atoms with E-state index in [1.807, 2.05) is 32.0 Å². The van der Waals surface area contributed by atoms with Gasteiger partial charge < -0.3 is 0 Å². The van der Waals surface area contributed by atoms with Gasteiger partial charge in [0.2, 0.25) is 0 Å². The molecule has 76 valence electrons. The second-order valence-electron chi connectivity index (χ2n) is 3.46. The van der Waals surface area contributed by atoms with E-state index in [1.165, 1.54) is 0 Å². The highest BCUT2D eigenvalue weighted by Crippen LogP contribution is 2.26. The predicted octanol–water partition coefficient (Wildman–Crippen LogP) is 3.41. The molecule has 0 aliphatic rings. The van der Waals surface area contributed by atoms with Gasteiger partial charge in [-0.1, -0.05) is 23.7 Å². The maximum atomic E-state index is 6.06. The van der Waals surface area contributed by atoms with Crippen molar-refractivity contribution in [2.75, 3.05) is 0 Å². The maximum Gasteiger partial charge on any atom is 0.0891 e. The summed E-state index contributed by atoms with van der Waals surface area (Å²) >= 11 is 6.06. The zero-order valence-electron chi connectivity index (χ0n) is 8.66. The van der Waals surface area contributed by atoms with Gasteiger partial charge in [0.05, 0.1) is 17.6 Å². The summed E-state index contributed by atoms with van der Waals surface area (Å²) in [7, 11) is 0. The van der Waals surface area contributed by atoms with Crippen LogP contribution < -0.4 is 0 Å². The summed E-state index contributed by atoms with van der Waals surface area (Å²) in [5.74, 6) is 0. The van der Waals surface area contributed by atoms with E-state index in [9.17, 15) is 0 Å². The smallest absolute Gasteiger partial charge is 0.0891 e. The van der Waals surface area contributed by atoms with Gasteiger partial charge in [0.25, 0.3) is 0 Å². The molecule has 1 aromatic carbocycles. The third-order valence-electron chi connectivity index (χ3n) is 2.30. The SMILES string of the molecule is Cc1cncc(-c2cccc(Cl)c2C)n1. The van der Waals surface area contributed by atoms with E-state index in [1.54, 1.807) is 12.4 Å². The fourth-order valence-electron chi connectivity index (χ4n) is 1.48. The normalized spacial score (nSPS) is 10.3. The zero-order chi connectivity index (χ0) is 10.8. The molecule has 0 unspecified atom stereocenters. The van der Waals surface area contributed by atoms with Crippen LogP contribution in [-0.4, -0.2) is 9.97 Å². The first-order chi connectivity index (χ1) is 7.18. The van der Waals surface area contributed by atoms with Crippen LogP contribution >= 0.6 is 11.6 Å². The summed E-state index contributed by atoms with van der Waals surface area (Å²) in [5.41, 5.74) is 3.86. The Bertz CT molecular complexity index is 495. The third-order valence-corrected chi connectivity index (χ3v) is 2.71. The van der Waals surface area contributed by atoms with Gasteiger partial charge in [-0.3, -0.25) is 4.98 Å². The van der Waals surface area contributed by atoms with Crippen molar-refractivity contribution in [1.82, 2.24) is 9.97 Å². The van der Waals surface area contributed by atoms with Crippen molar-refractivity contribution in [3.05, 3.63) is 46.9 Å². The fourth-order valence-corrected chi connectivity index (χ4v) is 1.65. The van der Waals surface area contributed by atoms with Crippen molar-refractivity contribution in [2.24, 2.45) is 0 Å². The highest BCUT2D eigenvalue weighted by Gasteiger charge is 2.05. The largest absolute Gasteiger partial charge is 0.261 e. The summed E-state index contributed by atoms with van der Waals surface area (Å²) in [5, 5.41) is 0.760. The van der Waals surface area contributed by atoms with Crippen molar-refractivity contribution in [3.8, 4) is 11.3 Å². The van der Waals surface area contributed by atoms with Crippen LogP contribution in [-0.2, 0) is 0 Å². The molecule has 2 rings (SSSR count). The van der Waals surface area contributed by atoms with Crippen LogP contribution in [0.15, 0.2) is 30.6 Å². The van der Waals surface area contributed by atoms with Crippen molar-refractivity contribution in [1.29, 1.82) is 0 Å². The first kappa shape index (κ1) is 10.1. The highest BCUT2D eigenvalue weighted by atomic mass is 35.5. The van der Waals surface area contributed by atoms with Crippen LogP contribution in [0.3, 0.4) is 0 Å². The van der Waals surface area contributed by atoms with Gasteiger partial charge in [-0.05, 0) is 25.5 Å². The maximum absolute atomic E-state index is 6.06. The Kier molecular flexibility index (Phi) is 2.69. The van der Waals surface area contributed by atoms with E-state index >= 15 is 0 Å². The fraction of sp³-hybridized carbons (Fsp3) is 0.167. The van der Waals surface area contributed by atoms with Gasteiger partial charge >= 0.3 is 0 Å². The number of halogens is 1. The average molecular weight is 219 g/mol. The van der Waals surface area contributed by atoms with Crippen LogP contribution in [0.4, 0.5) is 0 Å². The number of hydrogen-bond acceptors (Lipinski definition) is 2. The Hall–Kier alpha value is -1.41. The first-order valence-electron chi connectivity index (χ1n) is 4.72. The van der Waals surface area contributed by atoms with Crippen LogP contribution in [0.25, 0.3) is 11.3 Å². The number of aromatic nitrogens is 2. The van der Waals surface area contributed by atoms with E-state index in [4.69, 9.17) is 11.6 Å². The molecule has 0 amide bonds. The van der Waals surface area contributed by atoms with E-state index in [-0.39, 0.29) is 0 Å². The average Bonchev–Trinajstić information content (AvgIpc) is 2.22. The molecule has 2 aromatic rings. The summed E-state index contributed by atoms with van der Waals surface area (Å²) < 4.78 is 0. The molecule has 0 radical (unpaired) electrons. The summed E-state index contributed by atoms with van der Waals surface area (Å²) in [6.45, 7) is 3.91.